The molecule has 0 saturated heterocycles. The molecule has 1 aromatic rings. The topological polar surface area (TPSA) is 17.1 Å². The van der Waals surface area contributed by atoms with Crippen molar-refractivity contribution in [2.24, 2.45) is 0 Å². The van der Waals surface area contributed by atoms with Crippen LogP contribution in [0.4, 0.5) is 0 Å². The fraction of sp³-hybridized carbons (Fsp3) is 0.611. The van der Waals surface area contributed by atoms with Gasteiger partial charge in [-0.05, 0) is 68.0 Å². The molecule has 0 N–H and O–H groups in total. The van der Waals surface area contributed by atoms with E-state index < -0.39 is 0 Å². The van der Waals surface area contributed by atoms with Crippen LogP contribution in [0.2, 0.25) is 0 Å². The van der Waals surface area contributed by atoms with Crippen molar-refractivity contribution in [3.8, 4) is 0 Å². The molecule has 0 heterocycles. The molecule has 21 heavy (non-hydrogen) atoms. The van der Waals surface area contributed by atoms with Gasteiger partial charge in [-0.3, -0.25) is 0 Å². The van der Waals surface area contributed by atoms with Crippen molar-refractivity contribution < 1.29 is 23.7 Å². The Balaban J connectivity index is 0.00000220. The number of hydrogen-bond donors (Lipinski definition) is 0. The average Bonchev–Trinajstić information content (AvgIpc) is 2.44. The van der Waals surface area contributed by atoms with Crippen LogP contribution in [-0.2, 0) is 0 Å². The van der Waals surface area contributed by atoms with Crippen LogP contribution in [0.1, 0.15) is 70.3 Å². The van der Waals surface area contributed by atoms with Gasteiger partial charge in [-0.1, -0.05) is 32.1 Å². The molecule has 0 aromatic heterocycles. The van der Waals surface area contributed by atoms with E-state index in [0.29, 0.717) is 11.2 Å². The van der Waals surface area contributed by atoms with Crippen LogP contribution in [0, 0.1) is 34.6 Å². The third-order valence-electron chi connectivity index (χ3n) is 5.09. The maximum atomic E-state index is 12.8. The van der Waals surface area contributed by atoms with E-state index in [4.69, 9.17) is 0 Å². The second-order valence-corrected chi connectivity index (χ2v) is 7.62. The van der Waals surface area contributed by atoms with Gasteiger partial charge < -0.3 is 13.4 Å². The molecule has 1 aromatic carbocycles. The Labute approximate surface area is 143 Å². The molecule has 0 spiro atoms. The van der Waals surface area contributed by atoms with E-state index in [1.807, 2.05) is 0 Å². The predicted octanol–water partition coefficient (Wildman–Crippen LogP) is 2.65. The van der Waals surface area contributed by atoms with Crippen LogP contribution in [0.15, 0.2) is 0 Å². The Bertz CT molecular complexity index is 502. The molecule has 1 nitrogen and oxygen atoms in total. The molecular formula is C18H26LiOP. The summed E-state index contributed by atoms with van der Waals surface area (Å²) >= 11 is 0. The van der Waals surface area contributed by atoms with Crippen molar-refractivity contribution >= 4 is 14.1 Å². The average molecular weight is 296 g/mol. The number of carbonyl (C=O) groups excluding carboxylic acids is 1. The van der Waals surface area contributed by atoms with Gasteiger partial charge >= 0.3 is 18.9 Å². The summed E-state index contributed by atoms with van der Waals surface area (Å²) in [5.74, 6) is 0. The molecule has 0 atom stereocenters. The Morgan fingerprint density at radius 2 is 1.24 bits per heavy atom. The van der Waals surface area contributed by atoms with Crippen molar-refractivity contribution in [2.75, 3.05) is 0 Å². The summed E-state index contributed by atoms with van der Waals surface area (Å²) in [7, 11) is 1.03. The molecule has 0 radical (unpaired) electrons. The first-order chi connectivity index (χ1) is 9.43. The zero-order valence-electron chi connectivity index (χ0n) is 14.5. The van der Waals surface area contributed by atoms with Gasteiger partial charge in [0.05, 0.1) is 0 Å². The molecule has 2 rings (SSSR count). The molecule has 1 aliphatic rings. The van der Waals surface area contributed by atoms with Crippen molar-refractivity contribution in [1.29, 1.82) is 0 Å². The zero-order chi connectivity index (χ0) is 14.9. The van der Waals surface area contributed by atoms with Gasteiger partial charge in [0.2, 0.25) is 0 Å². The summed E-state index contributed by atoms with van der Waals surface area (Å²) in [6, 6.07) is 0. The van der Waals surface area contributed by atoms with Gasteiger partial charge in [-0.15, -0.1) is 0 Å². The van der Waals surface area contributed by atoms with Crippen LogP contribution in [0.5, 0.6) is 0 Å². The zero-order valence-corrected chi connectivity index (χ0v) is 15.4. The van der Waals surface area contributed by atoms with Crippen LogP contribution >= 0.6 is 8.58 Å². The van der Waals surface area contributed by atoms with Crippen molar-refractivity contribution in [3.05, 3.63) is 33.4 Å². The van der Waals surface area contributed by atoms with E-state index in [2.05, 4.69) is 34.6 Å². The second kappa shape index (κ2) is 7.96. The second-order valence-electron chi connectivity index (χ2n) is 6.23. The fourth-order valence-electron chi connectivity index (χ4n) is 3.26. The molecule has 0 amide bonds. The molecule has 1 saturated carbocycles. The number of rotatable bonds is 3. The number of hydrogen-bond acceptors (Lipinski definition) is 1. The molecule has 0 aliphatic heterocycles. The van der Waals surface area contributed by atoms with Crippen molar-refractivity contribution in [3.63, 3.8) is 0 Å². The summed E-state index contributed by atoms with van der Waals surface area (Å²) in [6.45, 7) is 10.7. The van der Waals surface area contributed by atoms with E-state index in [9.17, 15) is 4.79 Å². The van der Waals surface area contributed by atoms with E-state index in [-0.39, 0.29) is 18.9 Å². The smallest absolute Gasteiger partial charge is 0.456 e. The summed E-state index contributed by atoms with van der Waals surface area (Å²) in [5, 5.41) is 0. The maximum absolute atomic E-state index is 12.8. The van der Waals surface area contributed by atoms with E-state index >= 15 is 0 Å². The van der Waals surface area contributed by atoms with Crippen LogP contribution in [0.25, 0.3) is 0 Å². The Morgan fingerprint density at radius 1 is 0.810 bits per heavy atom. The fourth-order valence-corrected chi connectivity index (χ4v) is 4.68. The molecule has 110 valence electrons. The Hall–Kier alpha value is -0.0826. The van der Waals surface area contributed by atoms with E-state index in [1.54, 1.807) is 0 Å². The van der Waals surface area contributed by atoms with Gasteiger partial charge in [-0.2, -0.15) is 5.66 Å². The standard InChI is InChI=1S/C18H26OP.Li/c1-11-12(2)14(4)17(15(5)13(11)3)18(19)20-16-9-7-6-8-10-16;/h16H,6-10H2,1-5H3;/q-1;+1. The van der Waals surface area contributed by atoms with Gasteiger partial charge in [-0.25, -0.2) is 0 Å². The maximum Gasteiger partial charge on any atom is 1.00 e. The van der Waals surface area contributed by atoms with Gasteiger partial charge in [0, 0.05) is 5.52 Å². The summed E-state index contributed by atoms with van der Waals surface area (Å²) in [4.78, 5) is 12.8. The molecule has 0 unspecified atom stereocenters. The van der Waals surface area contributed by atoms with Gasteiger partial charge in [0.1, 0.15) is 0 Å². The van der Waals surface area contributed by atoms with E-state index in [1.165, 1.54) is 59.9 Å². The molecule has 1 fully saturated rings. The summed E-state index contributed by atoms with van der Waals surface area (Å²) < 4.78 is 0. The third-order valence-corrected chi connectivity index (χ3v) is 6.43. The van der Waals surface area contributed by atoms with Gasteiger partial charge in [0.15, 0.2) is 0 Å². The predicted molar refractivity (Wildman–Crippen MR) is 88.3 cm³/mol. The monoisotopic (exact) mass is 296 g/mol. The molecule has 0 bridgehead atoms. The van der Waals surface area contributed by atoms with Crippen LogP contribution in [0.3, 0.4) is 0 Å². The summed E-state index contributed by atoms with van der Waals surface area (Å²) in [5.41, 5.74) is 8.24. The third kappa shape index (κ3) is 4.01. The molecular weight excluding hydrogens is 270 g/mol. The van der Waals surface area contributed by atoms with Crippen LogP contribution in [-0.4, -0.2) is 11.2 Å². The first-order valence-electron chi connectivity index (χ1n) is 7.75. The first-order valence-corrected chi connectivity index (χ1v) is 8.72. The first kappa shape index (κ1) is 19.0. The number of carbonyl (C=O) groups is 1. The Morgan fingerprint density at radius 3 is 1.71 bits per heavy atom. The van der Waals surface area contributed by atoms with E-state index in [0.717, 1.165) is 14.1 Å². The quantitative estimate of drug-likeness (QED) is 0.619. The molecule has 1 aliphatic carbocycles. The SMILES string of the molecule is Cc1c(C)c(C)c(C(=O)[P-]C2CCCCC2)c(C)c1C.[Li+]. The largest absolute Gasteiger partial charge is 1.00 e. The normalized spacial score (nSPS) is 16.2. The Kier molecular flexibility index (Phi) is 7.19. The minimum absolute atomic E-state index is 0. The van der Waals surface area contributed by atoms with Gasteiger partial charge in [0.25, 0.3) is 0 Å². The van der Waals surface area contributed by atoms with Crippen LogP contribution < -0.4 is 18.9 Å². The minimum atomic E-state index is 0. The number of benzene rings is 1. The molecule has 3 heteroatoms. The minimum Gasteiger partial charge on any atom is -0.456 e. The van der Waals surface area contributed by atoms with Crippen molar-refractivity contribution in [1.82, 2.24) is 0 Å². The van der Waals surface area contributed by atoms with Crippen molar-refractivity contribution in [2.45, 2.75) is 72.4 Å². The summed E-state index contributed by atoms with van der Waals surface area (Å²) in [6.07, 6.45) is 6.41.